The van der Waals surface area contributed by atoms with Gasteiger partial charge < -0.3 is 9.15 Å². The first-order valence-corrected chi connectivity index (χ1v) is 9.71. The second-order valence-corrected chi connectivity index (χ2v) is 7.24. The minimum Gasteiger partial charge on any atom is -0.459 e. The van der Waals surface area contributed by atoms with Gasteiger partial charge in [-0.25, -0.2) is 9.97 Å². The van der Waals surface area contributed by atoms with Crippen molar-refractivity contribution in [2.75, 3.05) is 0 Å². The van der Waals surface area contributed by atoms with Crippen LogP contribution in [0.25, 0.3) is 17.0 Å². The molecular formula is C22H18ClN3O4. The van der Waals surface area contributed by atoms with Crippen molar-refractivity contribution in [2.45, 2.75) is 26.4 Å². The van der Waals surface area contributed by atoms with Crippen LogP contribution in [-0.2, 0) is 22.6 Å². The minimum atomic E-state index is -0.424. The number of oxazole rings is 1. The minimum absolute atomic E-state index is 0.0694. The second kappa shape index (κ2) is 8.51. The van der Waals surface area contributed by atoms with Crippen LogP contribution in [0.1, 0.15) is 23.6 Å². The van der Waals surface area contributed by atoms with Gasteiger partial charge in [-0.2, -0.15) is 0 Å². The monoisotopic (exact) mass is 423 g/mol. The van der Waals surface area contributed by atoms with Gasteiger partial charge in [0.25, 0.3) is 5.56 Å². The highest BCUT2D eigenvalue weighted by atomic mass is 35.5. The highest BCUT2D eigenvalue weighted by molar-refractivity contribution is 6.30. The van der Waals surface area contributed by atoms with E-state index in [9.17, 15) is 9.59 Å². The summed E-state index contributed by atoms with van der Waals surface area (Å²) < 4.78 is 12.4. The Hall–Kier alpha value is -3.45. The Bertz CT molecular complexity index is 1260. The van der Waals surface area contributed by atoms with Crippen LogP contribution < -0.4 is 5.56 Å². The number of halogens is 1. The van der Waals surface area contributed by atoms with Crippen LogP contribution in [0.2, 0.25) is 5.02 Å². The normalized spacial score (nSPS) is 11.0. The van der Waals surface area contributed by atoms with Gasteiger partial charge >= 0.3 is 5.97 Å². The molecule has 0 aliphatic heterocycles. The third-order valence-corrected chi connectivity index (χ3v) is 4.72. The summed E-state index contributed by atoms with van der Waals surface area (Å²) in [5.41, 5.74) is 2.50. The highest BCUT2D eigenvalue weighted by Crippen LogP contribution is 2.22. The molecule has 0 unspecified atom stereocenters. The maximum atomic E-state index is 12.2. The molecule has 8 heteroatoms. The topological polar surface area (TPSA) is 86.7 Å². The standard InChI is InChI=1S/C22H18ClN3O4/c1-14-2-7-19-25-17(10-21(27)26(19)12-14)13-29-22(28)9-8-20-24-11-18(30-20)15-3-5-16(23)6-4-15/h2-7,10-12H,8-9,13H2,1H3. The molecule has 0 atom stereocenters. The molecule has 7 nitrogen and oxygen atoms in total. The smallest absolute Gasteiger partial charge is 0.306 e. The summed E-state index contributed by atoms with van der Waals surface area (Å²) in [5.74, 6) is 0.618. The number of esters is 1. The maximum Gasteiger partial charge on any atom is 0.306 e. The number of carbonyl (C=O) groups excluding carboxylic acids is 1. The van der Waals surface area contributed by atoms with Crippen molar-refractivity contribution >= 4 is 23.2 Å². The fraction of sp³-hybridized carbons (Fsp3) is 0.182. The van der Waals surface area contributed by atoms with Crippen molar-refractivity contribution in [3.8, 4) is 11.3 Å². The molecule has 0 aliphatic rings. The number of hydrogen-bond donors (Lipinski definition) is 0. The number of carbonyl (C=O) groups is 1. The molecular weight excluding hydrogens is 406 g/mol. The third-order valence-electron chi connectivity index (χ3n) is 4.47. The molecule has 0 spiro atoms. The van der Waals surface area contributed by atoms with Crippen molar-refractivity contribution in [3.05, 3.63) is 87.4 Å². The van der Waals surface area contributed by atoms with Crippen molar-refractivity contribution in [2.24, 2.45) is 0 Å². The van der Waals surface area contributed by atoms with E-state index >= 15 is 0 Å². The summed E-state index contributed by atoms with van der Waals surface area (Å²) >= 11 is 5.89. The maximum absolute atomic E-state index is 12.2. The first-order valence-electron chi connectivity index (χ1n) is 9.33. The summed E-state index contributed by atoms with van der Waals surface area (Å²) in [4.78, 5) is 32.8. The lowest BCUT2D eigenvalue weighted by Gasteiger charge is -2.06. The lowest BCUT2D eigenvalue weighted by Crippen LogP contribution is -2.17. The van der Waals surface area contributed by atoms with E-state index in [0.717, 1.165) is 11.1 Å². The molecule has 3 aromatic heterocycles. The Morgan fingerprint density at radius 1 is 1.20 bits per heavy atom. The number of fused-ring (bicyclic) bond motifs is 1. The molecule has 4 rings (SSSR count). The molecule has 4 aromatic rings. The van der Waals surface area contributed by atoms with Crippen molar-refractivity contribution in [3.63, 3.8) is 0 Å². The zero-order valence-electron chi connectivity index (χ0n) is 16.2. The first-order chi connectivity index (χ1) is 14.5. The number of aryl methyl sites for hydroxylation is 2. The van der Waals surface area contributed by atoms with Crippen molar-refractivity contribution < 1.29 is 13.9 Å². The van der Waals surface area contributed by atoms with Crippen LogP contribution in [0.4, 0.5) is 0 Å². The van der Waals surface area contributed by atoms with Gasteiger partial charge in [0.2, 0.25) is 0 Å². The van der Waals surface area contributed by atoms with E-state index in [4.69, 9.17) is 20.8 Å². The number of ether oxygens (including phenoxy) is 1. The molecule has 0 saturated heterocycles. The molecule has 0 aliphatic carbocycles. The Morgan fingerprint density at radius 3 is 2.80 bits per heavy atom. The van der Waals surface area contributed by atoms with Gasteiger partial charge in [-0.3, -0.25) is 14.0 Å². The van der Waals surface area contributed by atoms with Crippen molar-refractivity contribution in [1.82, 2.24) is 14.4 Å². The Kier molecular flexibility index (Phi) is 5.63. The van der Waals surface area contributed by atoms with Gasteiger partial charge in [0.1, 0.15) is 12.3 Å². The summed E-state index contributed by atoms with van der Waals surface area (Å²) in [7, 11) is 0. The number of nitrogens with zero attached hydrogens (tertiary/aromatic N) is 3. The molecule has 1 aromatic carbocycles. The van der Waals surface area contributed by atoms with Crippen LogP contribution in [0.15, 0.2) is 64.1 Å². The van der Waals surface area contributed by atoms with Crippen LogP contribution in [0, 0.1) is 6.92 Å². The van der Waals surface area contributed by atoms with E-state index in [1.165, 1.54) is 10.5 Å². The summed E-state index contributed by atoms with van der Waals surface area (Å²) in [6.45, 7) is 1.83. The molecule has 3 heterocycles. The second-order valence-electron chi connectivity index (χ2n) is 6.81. The van der Waals surface area contributed by atoms with E-state index in [1.807, 2.05) is 25.1 Å². The largest absolute Gasteiger partial charge is 0.459 e. The zero-order chi connectivity index (χ0) is 21.1. The van der Waals surface area contributed by atoms with E-state index in [-0.39, 0.29) is 18.6 Å². The zero-order valence-corrected chi connectivity index (χ0v) is 16.9. The summed E-state index contributed by atoms with van der Waals surface area (Å²) in [5, 5.41) is 0.639. The predicted octanol–water partition coefficient (Wildman–Crippen LogP) is 3.99. The fourth-order valence-electron chi connectivity index (χ4n) is 2.94. The Balaban J connectivity index is 1.33. The SMILES string of the molecule is Cc1ccc2nc(COC(=O)CCc3ncc(-c4ccc(Cl)cc4)o3)cc(=O)n2c1. The van der Waals surface area contributed by atoms with E-state index in [0.29, 0.717) is 34.4 Å². The van der Waals surface area contributed by atoms with Gasteiger partial charge in [-0.15, -0.1) is 0 Å². The van der Waals surface area contributed by atoms with Gasteiger partial charge in [0, 0.05) is 29.3 Å². The number of rotatable bonds is 6. The Morgan fingerprint density at radius 2 is 2.00 bits per heavy atom. The van der Waals surface area contributed by atoms with Gasteiger partial charge in [0.15, 0.2) is 11.7 Å². The molecule has 0 radical (unpaired) electrons. The van der Waals surface area contributed by atoms with Crippen LogP contribution in [-0.4, -0.2) is 20.3 Å². The molecule has 0 amide bonds. The highest BCUT2D eigenvalue weighted by Gasteiger charge is 2.11. The van der Waals surface area contributed by atoms with E-state index in [1.54, 1.807) is 30.6 Å². The summed E-state index contributed by atoms with van der Waals surface area (Å²) in [6, 6.07) is 12.2. The molecule has 0 N–H and O–H groups in total. The van der Waals surface area contributed by atoms with E-state index < -0.39 is 5.97 Å². The van der Waals surface area contributed by atoms with Gasteiger partial charge in [-0.05, 0) is 42.8 Å². The average Bonchev–Trinajstić information content (AvgIpc) is 3.21. The molecule has 0 fully saturated rings. The third kappa shape index (κ3) is 4.58. The molecule has 0 saturated carbocycles. The fourth-order valence-corrected chi connectivity index (χ4v) is 3.07. The van der Waals surface area contributed by atoms with Crippen LogP contribution >= 0.6 is 11.6 Å². The molecule has 30 heavy (non-hydrogen) atoms. The number of hydrogen-bond acceptors (Lipinski definition) is 6. The average molecular weight is 424 g/mol. The number of aromatic nitrogens is 3. The van der Waals surface area contributed by atoms with Gasteiger partial charge in [0.05, 0.1) is 18.3 Å². The van der Waals surface area contributed by atoms with E-state index in [2.05, 4.69) is 9.97 Å². The molecule has 152 valence electrons. The lowest BCUT2D eigenvalue weighted by atomic mass is 10.2. The number of benzene rings is 1. The lowest BCUT2D eigenvalue weighted by molar-refractivity contribution is -0.145. The van der Waals surface area contributed by atoms with Crippen LogP contribution in [0.3, 0.4) is 0 Å². The van der Waals surface area contributed by atoms with Gasteiger partial charge in [-0.1, -0.05) is 17.7 Å². The van der Waals surface area contributed by atoms with Crippen molar-refractivity contribution in [1.29, 1.82) is 0 Å². The quantitative estimate of drug-likeness (QED) is 0.436. The first kappa shape index (κ1) is 19.8. The Labute approximate surface area is 176 Å². The van der Waals surface area contributed by atoms with Crippen LogP contribution in [0.5, 0.6) is 0 Å². The molecule has 0 bridgehead atoms. The summed E-state index contributed by atoms with van der Waals surface area (Å²) in [6.07, 6.45) is 3.74. The predicted molar refractivity (Wildman–Crippen MR) is 111 cm³/mol. The number of pyridine rings is 1.